The minimum atomic E-state index is 0.487. The van der Waals surface area contributed by atoms with E-state index in [-0.39, 0.29) is 0 Å². The summed E-state index contributed by atoms with van der Waals surface area (Å²) in [5.41, 5.74) is 6.62. The van der Waals surface area contributed by atoms with Crippen molar-refractivity contribution in [2.75, 3.05) is 39.3 Å². The van der Waals surface area contributed by atoms with E-state index in [1.165, 1.54) is 96.9 Å². The Morgan fingerprint density at radius 1 is 0.857 bits per heavy atom. The standard InChI is InChI=1S/C18H35N3/c19-16-18(8-4-1-5-9-18)10-11-20-12-14-21(15-13-20)17-6-2-3-7-17/h17H,1-16,19H2. The first kappa shape index (κ1) is 15.8. The SMILES string of the molecule is NCC1(CCN2CCN(C3CCCC3)CC2)CCCCC1. The van der Waals surface area contributed by atoms with Gasteiger partial charge in [0.05, 0.1) is 0 Å². The average molecular weight is 293 g/mol. The van der Waals surface area contributed by atoms with Gasteiger partial charge in [0.15, 0.2) is 0 Å². The Morgan fingerprint density at radius 2 is 1.52 bits per heavy atom. The van der Waals surface area contributed by atoms with Gasteiger partial charge in [-0.1, -0.05) is 32.1 Å². The fraction of sp³-hybridized carbons (Fsp3) is 1.00. The Kier molecular flexibility index (Phi) is 5.58. The third-order valence-electron chi connectivity index (χ3n) is 6.55. The largest absolute Gasteiger partial charge is 0.330 e. The molecular formula is C18H35N3. The van der Waals surface area contributed by atoms with Crippen molar-refractivity contribution in [2.45, 2.75) is 70.3 Å². The van der Waals surface area contributed by atoms with Crippen molar-refractivity contribution in [3.8, 4) is 0 Å². The first-order valence-electron chi connectivity index (χ1n) is 9.48. The summed E-state index contributed by atoms with van der Waals surface area (Å²) in [6, 6.07) is 0.917. The molecule has 0 bridgehead atoms. The number of nitrogens with zero attached hydrogens (tertiary/aromatic N) is 2. The minimum absolute atomic E-state index is 0.487. The molecular weight excluding hydrogens is 258 g/mol. The molecule has 0 aromatic carbocycles. The molecule has 0 atom stereocenters. The van der Waals surface area contributed by atoms with Crippen LogP contribution in [0.2, 0.25) is 0 Å². The second-order valence-corrected chi connectivity index (χ2v) is 7.83. The fourth-order valence-electron chi connectivity index (χ4n) is 4.87. The zero-order chi connectivity index (χ0) is 14.5. The third kappa shape index (κ3) is 4.00. The molecule has 3 rings (SSSR count). The monoisotopic (exact) mass is 293 g/mol. The zero-order valence-electron chi connectivity index (χ0n) is 13.9. The minimum Gasteiger partial charge on any atom is -0.330 e. The molecule has 0 spiro atoms. The highest BCUT2D eigenvalue weighted by Crippen LogP contribution is 2.38. The summed E-state index contributed by atoms with van der Waals surface area (Å²) >= 11 is 0. The number of hydrogen-bond donors (Lipinski definition) is 1. The van der Waals surface area contributed by atoms with E-state index in [9.17, 15) is 0 Å². The van der Waals surface area contributed by atoms with Gasteiger partial charge in [-0.25, -0.2) is 0 Å². The molecule has 1 saturated heterocycles. The van der Waals surface area contributed by atoms with Crippen LogP contribution in [0.5, 0.6) is 0 Å². The molecule has 2 N–H and O–H groups in total. The van der Waals surface area contributed by atoms with Crippen LogP contribution in [0, 0.1) is 5.41 Å². The van der Waals surface area contributed by atoms with Crippen LogP contribution in [0.15, 0.2) is 0 Å². The molecule has 0 unspecified atom stereocenters. The second-order valence-electron chi connectivity index (χ2n) is 7.83. The van der Waals surface area contributed by atoms with Gasteiger partial charge in [-0.3, -0.25) is 4.90 Å². The molecule has 0 aromatic rings. The molecule has 1 aliphatic heterocycles. The van der Waals surface area contributed by atoms with Crippen LogP contribution < -0.4 is 5.73 Å². The van der Waals surface area contributed by atoms with Crippen LogP contribution in [0.4, 0.5) is 0 Å². The van der Waals surface area contributed by atoms with Crippen molar-refractivity contribution in [1.82, 2.24) is 9.80 Å². The van der Waals surface area contributed by atoms with E-state index in [4.69, 9.17) is 5.73 Å². The highest BCUT2D eigenvalue weighted by atomic mass is 15.3. The first-order valence-corrected chi connectivity index (χ1v) is 9.48. The third-order valence-corrected chi connectivity index (χ3v) is 6.55. The molecule has 1 heterocycles. The summed E-state index contributed by atoms with van der Waals surface area (Å²) in [5, 5.41) is 0. The summed E-state index contributed by atoms with van der Waals surface area (Å²) in [4.78, 5) is 5.47. The molecule has 0 amide bonds. The van der Waals surface area contributed by atoms with Crippen molar-refractivity contribution in [3.05, 3.63) is 0 Å². The topological polar surface area (TPSA) is 32.5 Å². The highest BCUT2D eigenvalue weighted by molar-refractivity contribution is 4.86. The fourth-order valence-corrected chi connectivity index (χ4v) is 4.87. The smallest absolute Gasteiger partial charge is 0.0113 e. The van der Waals surface area contributed by atoms with E-state index in [1.807, 2.05) is 0 Å². The Hall–Kier alpha value is -0.120. The van der Waals surface area contributed by atoms with Gasteiger partial charge < -0.3 is 10.6 Å². The lowest BCUT2D eigenvalue weighted by Gasteiger charge is -2.41. The molecule has 0 radical (unpaired) electrons. The van der Waals surface area contributed by atoms with Crippen molar-refractivity contribution in [1.29, 1.82) is 0 Å². The molecule has 122 valence electrons. The first-order chi connectivity index (χ1) is 10.3. The Morgan fingerprint density at radius 3 is 2.14 bits per heavy atom. The van der Waals surface area contributed by atoms with Crippen LogP contribution in [0.25, 0.3) is 0 Å². The molecule has 2 saturated carbocycles. The van der Waals surface area contributed by atoms with Gasteiger partial charge in [0.1, 0.15) is 0 Å². The van der Waals surface area contributed by atoms with Gasteiger partial charge in [-0.15, -0.1) is 0 Å². The maximum atomic E-state index is 6.13. The van der Waals surface area contributed by atoms with E-state index in [2.05, 4.69) is 9.80 Å². The van der Waals surface area contributed by atoms with Gasteiger partial charge in [0.25, 0.3) is 0 Å². The lowest BCUT2D eigenvalue weighted by Crippen LogP contribution is -2.50. The van der Waals surface area contributed by atoms with Gasteiger partial charge in [0, 0.05) is 32.2 Å². The Balaban J connectivity index is 1.40. The molecule has 21 heavy (non-hydrogen) atoms. The normalized spacial score (nSPS) is 29.0. The second kappa shape index (κ2) is 7.43. The highest BCUT2D eigenvalue weighted by Gasteiger charge is 2.32. The van der Waals surface area contributed by atoms with Crippen molar-refractivity contribution < 1.29 is 0 Å². The van der Waals surface area contributed by atoms with Crippen LogP contribution in [-0.2, 0) is 0 Å². The molecule has 3 aliphatic rings. The molecule has 0 aromatic heterocycles. The maximum absolute atomic E-state index is 6.13. The van der Waals surface area contributed by atoms with E-state index in [0.717, 1.165) is 12.6 Å². The van der Waals surface area contributed by atoms with Crippen molar-refractivity contribution >= 4 is 0 Å². The van der Waals surface area contributed by atoms with Crippen LogP contribution in [0.3, 0.4) is 0 Å². The van der Waals surface area contributed by atoms with E-state index >= 15 is 0 Å². The lowest BCUT2D eigenvalue weighted by molar-refractivity contribution is 0.0792. The summed E-state index contributed by atoms with van der Waals surface area (Å²) in [7, 11) is 0. The summed E-state index contributed by atoms with van der Waals surface area (Å²) in [6.45, 7) is 7.39. The van der Waals surface area contributed by atoms with Crippen LogP contribution in [-0.4, -0.2) is 55.1 Å². The predicted octanol–water partition coefficient (Wildman–Crippen LogP) is 2.85. The summed E-state index contributed by atoms with van der Waals surface area (Å²) in [6.07, 6.45) is 14.2. The summed E-state index contributed by atoms with van der Waals surface area (Å²) < 4.78 is 0. The van der Waals surface area contributed by atoms with E-state index < -0.39 is 0 Å². The van der Waals surface area contributed by atoms with E-state index in [0.29, 0.717) is 5.41 Å². The number of rotatable bonds is 5. The summed E-state index contributed by atoms with van der Waals surface area (Å²) in [5.74, 6) is 0. The van der Waals surface area contributed by atoms with E-state index in [1.54, 1.807) is 0 Å². The van der Waals surface area contributed by atoms with Gasteiger partial charge in [-0.2, -0.15) is 0 Å². The molecule has 3 nitrogen and oxygen atoms in total. The quantitative estimate of drug-likeness (QED) is 0.846. The maximum Gasteiger partial charge on any atom is 0.0113 e. The van der Waals surface area contributed by atoms with Gasteiger partial charge >= 0.3 is 0 Å². The molecule has 2 aliphatic carbocycles. The number of nitrogens with two attached hydrogens (primary N) is 1. The zero-order valence-corrected chi connectivity index (χ0v) is 13.9. The van der Waals surface area contributed by atoms with Crippen LogP contribution in [0.1, 0.15) is 64.2 Å². The number of piperazine rings is 1. The van der Waals surface area contributed by atoms with Crippen molar-refractivity contribution in [2.24, 2.45) is 11.1 Å². The number of hydrogen-bond acceptors (Lipinski definition) is 3. The van der Waals surface area contributed by atoms with Gasteiger partial charge in [-0.05, 0) is 50.6 Å². The molecule has 3 fully saturated rings. The van der Waals surface area contributed by atoms with Crippen molar-refractivity contribution in [3.63, 3.8) is 0 Å². The lowest BCUT2D eigenvalue weighted by atomic mass is 9.72. The van der Waals surface area contributed by atoms with Crippen LogP contribution >= 0.6 is 0 Å². The molecule has 3 heteroatoms. The Bertz CT molecular complexity index is 298. The average Bonchev–Trinajstić information content (AvgIpc) is 3.09. The van der Waals surface area contributed by atoms with Gasteiger partial charge in [0.2, 0.25) is 0 Å². The predicted molar refractivity (Wildman–Crippen MR) is 89.5 cm³/mol. The Labute approximate surface area is 131 Å².